The van der Waals surface area contributed by atoms with Crippen molar-refractivity contribution in [2.75, 3.05) is 13.2 Å². The van der Waals surface area contributed by atoms with E-state index in [0.29, 0.717) is 12.8 Å². The minimum atomic E-state index is -0.780. The number of carbonyl (C=O) groups is 2. The molecule has 0 radical (unpaired) electrons. The van der Waals surface area contributed by atoms with Gasteiger partial charge in [-0.3, -0.25) is 9.59 Å². The molecule has 1 N–H and O–H groups in total. The summed E-state index contributed by atoms with van der Waals surface area (Å²) in [4.78, 5) is 24.5. The summed E-state index contributed by atoms with van der Waals surface area (Å²) in [5, 5.41) is 9.64. The van der Waals surface area contributed by atoms with Crippen molar-refractivity contribution in [3.05, 3.63) is 97.2 Å². The number of ether oxygens (including phenoxy) is 2. The molecule has 69 heavy (non-hydrogen) atoms. The van der Waals surface area contributed by atoms with Crippen molar-refractivity contribution in [1.29, 1.82) is 0 Å². The Kier molecular flexibility index (Phi) is 56.4. The van der Waals surface area contributed by atoms with E-state index >= 15 is 0 Å². The number of aliphatic hydroxyl groups excluding tert-OH is 1. The summed E-state index contributed by atoms with van der Waals surface area (Å²) in [7, 11) is 0. The molecular formula is C64H110O5. The summed E-state index contributed by atoms with van der Waals surface area (Å²) in [5.41, 5.74) is 0. The Balaban J connectivity index is 3.46. The third kappa shape index (κ3) is 57.3. The standard InChI is InChI=1S/C64H110O5/c1-3-5-7-9-11-13-15-17-19-21-22-23-24-25-26-27-28-29-30-31-32-33-34-35-36-37-38-39-40-41-42-43-45-47-49-51-53-55-57-59-64(67)69-62(60-65)61-68-63(66)58-56-54-52-50-48-46-44-20-18-16-14-12-10-8-6-4-2/h5,7,11,13-14,16-17,19-20,22-23,25-26,28-29,44,62,65H,3-4,6,8-10,12,15,18,21,24,27,30-43,45-61H2,1-2H3/b7-5-,13-11-,16-14-,19-17-,23-22-,26-25-,29-28-,44-20-. The Hall–Kier alpha value is -3.18. The first-order chi connectivity index (χ1) is 34.1. The highest BCUT2D eigenvalue weighted by Gasteiger charge is 2.16. The van der Waals surface area contributed by atoms with Crippen molar-refractivity contribution in [1.82, 2.24) is 0 Å². The Labute approximate surface area is 428 Å². The van der Waals surface area contributed by atoms with E-state index in [0.717, 1.165) is 89.9 Å². The summed E-state index contributed by atoms with van der Waals surface area (Å²) < 4.78 is 10.7. The molecule has 0 aliphatic rings. The van der Waals surface area contributed by atoms with Gasteiger partial charge in [0.1, 0.15) is 6.61 Å². The van der Waals surface area contributed by atoms with E-state index in [1.165, 1.54) is 161 Å². The van der Waals surface area contributed by atoms with E-state index in [9.17, 15) is 14.7 Å². The molecule has 1 atom stereocenters. The highest BCUT2D eigenvalue weighted by atomic mass is 16.6. The summed E-state index contributed by atoms with van der Waals surface area (Å²) in [6, 6.07) is 0. The van der Waals surface area contributed by atoms with Crippen LogP contribution in [-0.2, 0) is 19.1 Å². The topological polar surface area (TPSA) is 72.8 Å². The van der Waals surface area contributed by atoms with Crippen molar-refractivity contribution in [3.8, 4) is 0 Å². The van der Waals surface area contributed by atoms with Gasteiger partial charge in [0.25, 0.3) is 0 Å². The number of esters is 2. The second-order valence-corrected chi connectivity index (χ2v) is 19.3. The fourth-order valence-electron chi connectivity index (χ4n) is 8.24. The molecule has 0 bridgehead atoms. The van der Waals surface area contributed by atoms with E-state index in [1.54, 1.807) is 0 Å². The molecule has 0 aromatic carbocycles. The molecule has 1 unspecified atom stereocenters. The largest absolute Gasteiger partial charge is 0.462 e. The lowest BCUT2D eigenvalue weighted by Crippen LogP contribution is -2.28. The van der Waals surface area contributed by atoms with Crippen LogP contribution in [0.3, 0.4) is 0 Å². The number of hydrogen-bond donors (Lipinski definition) is 1. The van der Waals surface area contributed by atoms with Gasteiger partial charge >= 0.3 is 11.9 Å². The predicted octanol–water partition coefficient (Wildman–Crippen LogP) is 19.9. The first-order valence-corrected chi connectivity index (χ1v) is 29.3. The number of rotatable bonds is 53. The van der Waals surface area contributed by atoms with Crippen molar-refractivity contribution in [3.63, 3.8) is 0 Å². The Morgan fingerprint density at radius 2 is 0.623 bits per heavy atom. The van der Waals surface area contributed by atoms with Gasteiger partial charge in [0, 0.05) is 12.8 Å². The Morgan fingerprint density at radius 1 is 0.348 bits per heavy atom. The van der Waals surface area contributed by atoms with E-state index in [4.69, 9.17) is 9.47 Å². The van der Waals surface area contributed by atoms with E-state index in [2.05, 4.69) is 111 Å². The lowest BCUT2D eigenvalue weighted by Gasteiger charge is -2.15. The maximum Gasteiger partial charge on any atom is 0.306 e. The van der Waals surface area contributed by atoms with Crippen molar-refractivity contribution >= 4 is 11.9 Å². The zero-order chi connectivity index (χ0) is 49.9. The minimum Gasteiger partial charge on any atom is -0.462 e. The molecule has 0 aliphatic heterocycles. The number of unbranched alkanes of at least 4 members (excludes halogenated alkanes) is 29. The minimum absolute atomic E-state index is 0.0735. The monoisotopic (exact) mass is 959 g/mol. The Bertz CT molecular complexity index is 1310. The van der Waals surface area contributed by atoms with Crippen LogP contribution < -0.4 is 0 Å². The normalized spacial score (nSPS) is 12.9. The molecule has 0 saturated heterocycles. The van der Waals surface area contributed by atoms with Crippen LogP contribution in [0.15, 0.2) is 97.2 Å². The fraction of sp³-hybridized carbons (Fsp3) is 0.719. The van der Waals surface area contributed by atoms with Crippen molar-refractivity contribution < 1.29 is 24.2 Å². The first-order valence-electron chi connectivity index (χ1n) is 29.3. The molecule has 0 aliphatic carbocycles. The van der Waals surface area contributed by atoms with Crippen LogP contribution in [0.1, 0.15) is 277 Å². The lowest BCUT2D eigenvalue weighted by atomic mass is 10.0. The maximum atomic E-state index is 12.3. The van der Waals surface area contributed by atoms with Crippen molar-refractivity contribution in [2.24, 2.45) is 0 Å². The molecular weight excluding hydrogens is 849 g/mol. The van der Waals surface area contributed by atoms with Gasteiger partial charge in [-0.1, -0.05) is 265 Å². The third-order valence-electron chi connectivity index (χ3n) is 12.6. The van der Waals surface area contributed by atoms with Gasteiger partial charge in [-0.25, -0.2) is 0 Å². The van der Waals surface area contributed by atoms with Crippen LogP contribution in [0, 0.1) is 0 Å². The summed E-state index contributed by atoms with van der Waals surface area (Å²) in [6.07, 6.45) is 84.0. The zero-order valence-electron chi connectivity index (χ0n) is 45.3. The molecule has 0 aromatic rings. The first kappa shape index (κ1) is 65.8. The molecule has 0 saturated carbocycles. The van der Waals surface area contributed by atoms with Crippen LogP contribution in [0.5, 0.6) is 0 Å². The van der Waals surface area contributed by atoms with Gasteiger partial charge in [0.15, 0.2) is 6.10 Å². The summed E-state index contributed by atoms with van der Waals surface area (Å²) in [5.74, 6) is -0.600. The van der Waals surface area contributed by atoms with Crippen LogP contribution in [-0.4, -0.2) is 36.4 Å². The second kappa shape index (κ2) is 59.1. The van der Waals surface area contributed by atoms with Crippen LogP contribution in [0.25, 0.3) is 0 Å². The molecule has 396 valence electrons. The quantitative estimate of drug-likeness (QED) is 0.0374. The van der Waals surface area contributed by atoms with Crippen molar-refractivity contribution in [2.45, 2.75) is 283 Å². The molecule has 0 heterocycles. The third-order valence-corrected chi connectivity index (χ3v) is 12.6. The number of allylic oxidation sites excluding steroid dienone is 16. The van der Waals surface area contributed by atoms with Crippen LogP contribution >= 0.6 is 0 Å². The molecule has 0 amide bonds. The van der Waals surface area contributed by atoms with Crippen LogP contribution in [0.2, 0.25) is 0 Å². The number of hydrogen-bond acceptors (Lipinski definition) is 5. The van der Waals surface area contributed by atoms with E-state index < -0.39 is 6.10 Å². The van der Waals surface area contributed by atoms with E-state index in [-0.39, 0.29) is 25.2 Å². The number of aliphatic hydroxyl groups is 1. The van der Waals surface area contributed by atoms with Gasteiger partial charge in [-0.15, -0.1) is 0 Å². The number of carbonyl (C=O) groups excluding carboxylic acids is 2. The molecule has 5 nitrogen and oxygen atoms in total. The summed E-state index contributed by atoms with van der Waals surface area (Å²) in [6.45, 7) is 4.01. The van der Waals surface area contributed by atoms with Gasteiger partial charge in [0.2, 0.25) is 0 Å². The van der Waals surface area contributed by atoms with Gasteiger partial charge < -0.3 is 14.6 Å². The predicted molar refractivity (Wildman–Crippen MR) is 302 cm³/mol. The van der Waals surface area contributed by atoms with Gasteiger partial charge in [0.05, 0.1) is 6.61 Å². The average Bonchev–Trinajstić information content (AvgIpc) is 3.35. The zero-order valence-corrected chi connectivity index (χ0v) is 45.3. The van der Waals surface area contributed by atoms with E-state index in [1.807, 2.05) is 0 Å². The van der Waals surface area contributed by atoms with Gasteiger partial charge in [-0.2, -0.15) is 0 Å². The SMILES string of the molecule is CC/C=C\C/C=C\C/C=C\C/C=C\C/C=C\C/C=C\CCCCCCCCCCCCCCCCCCCCCCC(=O)OC(CO)COC(=O)CCCCCCC/C=C\C/C=C\CCCCCC. The summed E-state index contributed by atoms with van der Waals surface area (Å²) >= 11 is 0. The van der Waals surface area contributed by atoms with Gasteiger partial charge in [-0.05, 0) is 96.3 Å². The highest BCUT2D eigenvalue weighted by Crippen LogP contribution is 2.16. The maximum absolute atomic E-state index is 12.3. The second-order valence-electron chi connectivity index (χ2n) is 19.3. The highest BCUT2D eigenvalue weighted by molar-refractivity contribution is 5.70. The molecule has 0 spiro atoms. The molecule has 5 heteroatoms. The lowest BCUT2D eigenvalue weighted by molar-refractivity contribution is -0.161. The average molecular weight is 960 g/mol. The Morgan fingerprint density at radius 3 is 0.942 bits per heavy atom. The fourth-order valence-corrected chi connectivity index (χ4v) is 8.24. The molecule has 0 fully saturated rings. The smallest absolute Gasteiger partial charge is 0.306 e. The molecule has 0 rings (SSSR count). The molecule has 0 aromatic heterocycles. The van der Waals surface area contributed by atoms with Crippen LogP contribution in [0.4, 0.5) is 0 Å².